The molecule has 4 atom stereocenters. The highest BCUT2D eigenvalue weighted by Gasteiger charge is 2.46. The zero-order chi connectivity index (χ0) is 9.97. The van der Waals surface area contributed by atoms with Gasteiger partial charge < -0.3 is 14.2 Å². The Hall–Kier alpha value is 0.230. The predicted octanol–water partition coefficient (Wildman–Crippen LogP) is 1.03. The van der Waals surface area contributed by atoms with Crippen LogP contribution in [0.3, 0.4) is 0 Å². The lowest BCUT2D eigenvalue weighted by atomic mass is 9.89. The minimum Gasteiger partial charge on any atom is -0.384 e. The summed E-state index contributed by atoms with van der Waals surface area (Å²) < 4.78 is 16.5. The van der Waals surface area contributed by atoms with Gasteiger partial charge in [0.2, 0.25) is 0 Å². The summed E-state index contributed by atoms with van der Waals surface area (Å²) in [6, 6.07) is 0. The first-order valence-electron chi connectivity index (χ1n) is 5.08. The molecule has 2 aliphatic rings. The van der Waals surface area contributed by atoms with E-state index < -0.39 is 0 Å². The van der Waals surface area contributed by atoms with E-state index in [4.69, 9.17) is 14.2 Å². The van der Waals surface area contributed by atoms with E-state index in [2.05, 4.69) is 0 Å². The Morgan fingerprint density at radius 2 is 1.57 bits per heavy atom. The van der Waals surface area contributed by atoms with Gasteiger partial charge in [-0.05, 0) is 0 Å². The zero-order valence-electron chi connectivity index (χ0n) is 8.77. The molecule has 2 rings (SSSR count). The number of ether oxygens (including phenoxy) is 3. The zero-order valence-corrected chi connectivity index (χ0v) is 9.59. The molecule has 2 saturated heterocycles. The highest BCUT2D eigenvalue weighted by molar-refractivity contribution is 7.99. The fourth-order valence-electron chi connectivity index (χ4n) is 2.45. The molecule has 4 unspecified atom stereocenters. The molecule has 0 spiro atoms. The summed E-state index contributed by atoms with van der Waals surface area (Å²) in [4.78, 5) is 0. The molecule has 0 aliphatic carbocycles. The molecule has 0 radical (unpaired) electrons. The van der Waals surface area contributed by atoms with Crippen molar-refractivity contribution in [2.45, 2.75) is 12.2 Å². The number of fused-ring (bicyclic) bond motifs is 2. The second kappa shape index (κ2) is 4.84. The van der Waals surface area contributed by atoms with Gasteiger partial charge in [-0.1, -0.05) is 0 Å². The molecule has 0 aromatic rings. The van der Waals surface area contributed by atoms with E-state index in [1.165, 1.54) is 0 Å². The Morgan fingerprint density at radius 1 is 1.07 bits per heavy atom. The van der Waals surface area contributed by atoms with Gasteiger partial charge in [-0.25, -0.2) is 0 Å². The van der Waals surface area contributed by atoms with Crippen molar-refractivity contribution in [1.29, 1.82) is 0 Å². The molecule has 0 amide bonds. The normalized spacial score (nSPS) is 41.6. The fraction of sp³-hybridized carbons (Fsp3) is 1.00. The van der Waals surface area contributed by atoms with E-state index in [-0.39, 0.29) is 0 Å². The van der Waals surface area contributed by atoms with Crippen LogP contribution in [0.15, 0.2) is 0 Å². The molecule has 0 aromatic carbocycles. The molecular formula is C10H18O3S. The Labute approximate surface area is 89.5 Å². The number of hydrogen-bond acceptors (Lipinski definition) is 4. The highest BCUT2D eigenvalue weighted by atomic mass is 32.2. The molecule has 82 valence electrons. The van der Waals surface area contributed by atoms with Gasteiger partial charge in [0.25, 0.3) is 0 Å². The third-order valence-electron chi connectivity index (χ3n) is 3.14. The standard InChI is InChI=1S/C10H18O3S/c1-11-3-7-8(4-12-2)10-6-14-5-9(7)13-10/h7-10H,3-6H2,1-2H3. The van der Waals surface area contributed by atoms with Gasteiger partial charge in [0.1, 0.15) is 0 Å². The van der Waals surface area contributed by atoms with Gasteiger partial charge in [0.05, 0.1) is 25.4 Å². The van der Waals surface area contributed by atoms with Crippen LogP contribution in [0.5, 0.6) is 0 Å². The lowest BCUT2D eigenvalue weighted by molar-refractivity contribution is 0.0357. The van der Waals surface area contributed by atoms with Crippen molar-refractivity contribution in [1.82, 2.24) is 0 Å². The molecule has 2 aliphatic heterocycles. The van der Waals surface area contributed by atoms with Crippen LogP contribution in [-0.2, 0) is 14.2 Å². The molecule has 2 fully saturated rings. The number of rotatable bonds is 4. The summed E-state index contributed by atoms with van der Waals surface area (Å²) in [7, 11) is 3.53. The molecule has 3 nitrogen and oxygen atoms in total. The number of thioether (sulfide) groups is 1. The van der Waals surface area contributed by atoms with Crippen LogP contribution in [0, 0.1) is 11.8 Å². The van der Waals surface area contributed by atoms with E-state index >= 15 is 0 Å². The van der Waals surface area contributed by atoms with Crippen molar-refractivity contribution in [3.63, 3.8) is 0 Å². The maximum Gasteiger partial charge on any atom is 0.0724 e. The molecule has 0 saturated carbocycles. The van der Waals surface area contributed by atoms with E-state index in [0.717, 1.165) is 24.7 Å². The number of methoxy groups -OCH3 is 2. The minimum atomic E-state index is 0.388. The Morgan fingerprint density at radius 3 is 2.00 bits per heavy atom. The molecule has 2 bridgehead atoms. The molecule has 2 heterocycles. The first kappa shape index (κ1) is 10.7. The number of hydrogen-bond donors (Lipinski definition) is 0. The van der Waals surface area contributed by atoms with Crippen LogP contribution in [0.4, 0.5) is 0 Å². The summed E-state index contributed by atoms with van der Waals surface area (Å²) in [5, 5.41) is 0. The summed E-state index contributed by atoms with van der Waals surface area (Å²) in [5.41, 5.74) is 0. The van der Waals surface area contributed by atoms with Crippen LogP contribution in [-0.4, -0.2) is 51.1 Å². The molecule has 0 N–H and O–H groups in total. The van der Waals surface area contributed by atoms with Crippen LogP contribution < -0.4 is 0 Å². The van der Waals surface area contributed by atoms with Gasteiger partial charge >= 0.3 is 0 Å². The van der Waals surface area contributed by atoms with E-state index in [9.17, 15) is 0 Å². The Kier molecular flexibility index (Phi) is 3.71. The maximum absolute atomic E-state index is 5.95. The summed E-state index contributed by atoms with van der Waals surface area (Å²) in [5.74, 6) is 3.29. The Bertz CT molecular complexity index is 170. The Balaban J connectivity index is 2.02. The first-order valence-corrected chi connectivity index (χ1v) is 6.23. The summed E-state index contributed by atoms with van der Waals surface area (Å²) in [6.45, 7) is 1.60. The second-order valence-corrected chi connectivity index (χ2v) is 5.06. The van der Waals surface area contributed by atoms with Crippen molar-refractivity contribution in [3.05, 3.63) is 0 Å². The van der Waals surface area contributed by atoms with Gasteiger partial charge in [-0.15, -0.1) is 0 Å². The predicted molar refractivity (Wildman–Crippen MR) is 56.7 cm³/mol. The third-order valence-corrected chi connectivity index (χ3v) is 4.27. The average Bonchev–Trinajstić information content (AvgIpc) is 2.43. The van der Waals surface area contributed by atoms with Crippen LogP contribution in [0.2, 0.25) is 0 Å². The van der Waals surface area contributed by atoms with Gasteiger partial charge in [-0.2, -0.15) is 11.8 Å². The van der Waals surface area contributed by atoms with Crippen molar-refractivity contribution >= 4 is 11.8 Å². The third kappa shape index (κ3) is 1.94. The van der Waals surface area contributed by atoms with Crippen molar-refractivity contribution in [2.75, 3.05) is 38.9 Å². The monoisotopic (exact) mass is 218 g/mol. The van der Waals surface area contributed by atoms with Crippen LogP contribution >= 0.6 is 11.8 Å². The van der Waals surface area contributed by atoms with Gasteiger partial charge in [0, 0.05) is 37.6 Å². The van der Waals surface area contributed by atoms with Gasteiger partial charge in [-0.3, -0.25) is 0 Å². The van der Waals surface area contributed by atoms with E-state index in [0.29, 0.717) is 24.0 Å². The lowest BCUT2D eigenvalue weighted by Crippen LogP contribution is -2.29. The minimum absolute atomic E-state index is 0.388. The topological polar surface area (TPSA) is 27.7 Å². The van der Waals surface area contributed by atoms with Crippen LogP contribution in [0.25, 0.3) is 0 Å². The van der Waals surface area contributed by atoms with Crippen LogP contribution in [0.1, 0.15) is 0 Å². The highest BCUT2D eigenvalue weighted by Crippen LogP contribution is 2.40. The lowest BCUT2D eigenvalue weighted by Gasteiger charge is -2.21. The van der Waals surface area contributed by atoms with E-state index in [1.807, 2.05) is 11.8 Å². The van der Waals surface area contributed by atoms with Crippen molar-refractivity contribution in [3.8, 4) is 0 Å². The first-order chi connectivity index (χ1) is 6.86. The smallest absolute Gasteiger partial charge is 0.0724 e. The van der Waals surface area contributed by atoms with Gasteiger partial charge in [0.15, 0.2) is 0 Å². The van der Waals surface area contributed by atoms with Crippen molar-refractivity contribution in [2.24, 2.45) is 11.8 Å². The molecule has 0 aromatic heterocycles. The molecule has 14 heavy (non-hydrogen) atoms. The fourth-order valence-corrected chi connectivity index (χ4v) is 3.70. The SMILES string of the molecule is COCC1C2CSCC(O2)C1COC. The van der Waals surface area contributed by atoms with E-state index in [1.54, 1.807) is 14.2 Å². The summed E-state index contributed by atoms with van der Waals surface area (Å²) in [6.07, 6.45) is 0.776. The quantitative estimate of drug-likeness (QED) is 0.704. The average molecular weight is 218 g/mol. The molecule has 4 heteroatoms. The largest absolute Gasteiger partial charge is 0.384 e. The van der Waals surface area contributed by atoms with Crippen molar-refractivity contribution < 1.29 is 14.2 Å². The summed E-state index contributed by atoms with van der Waals surface area (Å²) >= 11 is 2.00. The maximum atomic E-state index is 5.95. The molecular weight excluding hydrogens is 200 g/mol. The second-order valence-electron chi connectivity index (χ2n) is 3.99.